The summed E-state index contributed by atoms with van der Waals surface area (Å²) >= 11 is 1.34. The van der Waals surface area contributed by atoms with E-state index in [-0.39, 0.29) is 6.61 Å². The maximum absolute atomic E-state index is 11.1. The molecule has 6 heteroatoms. The summed E-state index contributed by atoms with van der Waals surface area (Å²) in [6.45, 7) is 2.41. The van der Waals surface area contributed by atoms with E-state index in [4.69, 9.17) is 9.29 Å². The highest BCUT2D eigenvalue weighted by atomic mass is 32.2. The molecule has 0 saturated carbocycles. The molecule has 0 bridgehead atoms. The van der Waals surface area contributed by atoms with Crippen LogP contribution in [0, 0.1) is 5.41 Å². The highest BCUT2D eigenvalue weighted by molar-refractivity contribution is 7.93. The molecule has 1 aliphatic rings. The van der Waals surface area contributed by atoms with Crippen molar-refractivity contribution in [1.29, 1.82) is 0 Å². The molecule has 1 atom stereocenters. The molecule has 2 N–H and O–H groups in total. The molecule has 1 saturated heterocycles. The molecule has 0 radical (unpaired) electrons. The number of hydrogen-bond acceptors (Lipinski definition) is 5. The van der Waals surface area contributed by atoms with Crippen LogP contribution in [0.15, 0.2) is 0 Å². The first-order valence-corrected chi connectivity index (χ1v) is 6.52. The number of aliphatic hydroxyl groups is 1. The zero-order valence-corrected chi connectivity index (χ0v) is 10.3. The van der Waals surface area contributed by atoms with Crippen LogP contribution < -0.4 is 0 Å². The second kappa shape index (κ2) is 6.44. The Morgan fingerprint density at radius 2 is 2.38 bits per heavy atom. The van der Waals surface area contributed by atoms with E-state index in [2.05, 4.69) is 4.90 Å². The van der Waals surface area contributed by atoms with E-state index in [1.165, 1.54) is 12.0 Å². The van der Waals surface area contributed by atoms with Crippen molar-refractivity contribution in [2.24, 2.45) is 5.41 Å². The minimum absolute atomic E-state index is 0.278. The van der Waals surface area contributed by atoms with E-state index < -0.39 is 11.4 Å². The summed E-state index contributed by atoms with van der Waals surface area (Å²) in [7, 11) is 0. The van der Waals surface area contributed by atoms with Crippen molar-refractivity contribution in [2.75, 3.05) is 39.1 Å². The third-order valence-electron chi connectivity index (χ3n) is 3.01. The topological polar surface area (TPSA) is 70.0 Å². The highest BCUT2D eigenvalue weighted by Crippen LogP contribution is 2.30. The summed E-state index contributed by atoms with van der Waals surface area (Å²) in [6.07, 6.45) is 3.29. The van der Waals surface area contributed by atoms with Gasteiger partial charge in [-0.25, -0.2) is 0 Å². The van der Waals surface area contributed by atoms with Crippen LogP contribution in [-0.2, 0) is 8.98 Å². The molecule has 94 valence electrons. The third-order valence-corrected chi connectivity index (χ3v) is 3.41. The number of carbonyl (C=O) groups is 1. The van der Waals surface area contributed by atoms with Crippen molar-refractivity contribution in [3.8, 4) is 0 Å². The quantitative estimate of drug-likeness (QED) is 0.504. The van der Waals surface area contributed by atoms with Gasteiger partial charge in [0.15, 0.2) is 0 Å². The van der Waals surface area contributed by atoms with Gasteiger partial charge < -0.3 is 19.3 Å². The molecule has 5 nitrogen and oxygen atoms in total. The molecule has 1 unspecified atom stereocenters. The molecule has 16 heavy (non-hydrogen) atoms. The van der Waals surface area contributed by atoms with Crippen LogP contribution in [0.3, 0.4) is 0 Å². The molecule has 0 aliphatic carbocycles. The lowest BCUT2D eigenvalue weighted by Gasteiger charge is -2.22. The van der Waals surface area contributed by atoms with Gasteiger partial charge in [-0.3, -0.25) is 4.79 Å². The van der Waals surface area contributed by atoms with Gasteiger partial charge in [0, 0.05) is 19.3 Å². The first-order valence-electron chi connectivity index (χ1n) is 5.37. The van der Waals surface area contributed by atoms with E-state index >= 15 is 0 Å². The van der Waals surface area contributed by atoms with Crippen molar-refractivity contribution >= 4 is 18.0 Å². The van der Waals surface area contributed by atoms with E-state index in [1.807, 2.05) is 6.26 Å². The lowest BCUT2D eigenvalue weighted by Crippen LogP contribution is -2.38. The third kappa shape index (κ3) is 3.35. The van der Waals surface area contributed by atoms with Crippen LogP contribution >= 0.6 is 12.0 Å². The number of rotatable bonds is 7. The Labute approximate surface area is 100.0 Å². The number of aliphatic hydroxyl groups excluding tert-OH is 1. The molecular formula is C10H19NO4S. The average molecular weight is 249 g/mol. The predicted molar refractivity (Wildman–Crippen MR) is 62.3 cm³/mol. The van der Waals surface area contributed by atoms with Crippen LogP contribution in [0.1, 0.15) is 12.8 Å². The van der Waals surface area contributed by atoms with E-state index in [0.29, 0.717) is 19.6 Å². The minimum atomic E-state index is -0.944. The van der Waals surface area contributed by atoms with Crippen molar-refractivity contribution in [3.05, 3.63) is 0 Å². The molecule has 0 aromatic rings. The first-order chi connectivity index (χ1) is 7.64. The van der Waals surface area contributed by atoms with Crippen molar-refractivity contribution in [3.63, 3.8) is 0 Å². The summed E-state index contributed by atoms with van der Waals surface area (Å²) in [5.74, 6) is -0.891. The van der Waals surface area contributed by atoms with Crippen LogP contribution in [0.25, 0.3) is 0 Å². The highest BCUT2D eigenvalue weighted by Gasteiger charge is 2.44. The zero-order chi connectivity index (χ0) is 12.0. The Balaban J connectivity index is 2.31. The molecule has 0 spiro atoms. The van der Waals surface area contributed by atoms with Crippen LogP contribution in [-0.4, -0.2) is 60.2 Å². The fraction of sp³-hybridized carbons (Fsp3) is 0.900. The van der Waals surface area contributed by atoms with Gasteiger partial charge in [-0.15, -0.1) is 0 Å². The second-order valence-electron chi connectivity index (χ2n) is 4.11. The number of hydrogen-bond donors (Lipinski definition) is 2. The number of aliphatic carboxylic acids is 1. The molecule has 1 fully saturated rings. The van der Waals surface area contributed by atoms with E-state index in [1.54, 1.807) is 0 Å². The summed E-state index contributed by atoms with van der Waals surface area (Å²) in [5, 5.41) is 18.3. The van der Waals surface area contributed by atoms with Gasteiger partial charge in [0.1, 0.15) is 5.41 Å². The minimum Gasteiger partial charge on any atom is -0.481 e. The maximum Gasteiger partial charge on any atom is 0.313 e. The van der Waals surface area contributed by atoms with Gasteiger partial charge in [0.05, 0.1) is 13.2 Å². The molecule has 1 heterocycles. The largest absolute Gasteiger partial charge is 0.481 e. The smallest absolute Gasteiger partial charge is 0.313 e. The Morgan fingerprint density at radius 1 is 1.62 bits per heavy atom. The Hall–Kier alpha value is -0.300. The van der Waals surface area contributed by atoms with Crippen molar-refractivity contribution in [1.82, 2.24) is 4.90 Å². The fourth-order valence-electron chi connectivity index (χ4n) is 1.95. The lowest BCUT2D eigenvalue weighted by molar-refractivity contribution is -0.150. The van der Waals surface area contributed by atoms with Crippen LogP contribution in [0.5, 0.6) is 0 Å². The summed E-state index contributed by atoms with van der Waals surface area (Å²) in [5.41, 5.74) is -0.944. The van der Waals surface area contributed by atoms with Crippen molar-refractivity contribution < 1.29 is 19.2 Å². The molecule has 1 rings (SSSR count). The van der Waals surface area contributed by atoms with Gasteiger partial charge in [-0.1, -0.05) is 0 Å². The zero-order valence-electron chi connectivity index (χ0n) is 9.52. The molecule has 0 aromatic carbocycles. The molecule has 1 aliphatic heterocycles. The maximum atomic E-state index is 11.1. The fourth-order valence-corrected chi connectivity index (χ4v) is 2.24. The monoisotopic (exact) mass is 249 g/mol. The Morgan fingerprint density at radius 3 is 2.88 bits per heavy atom. The Bertz CT molecular complexity index is 239. The van der Waals surface area contributed by atoms with Gasteiger partial charge >= 0.3 is 5.97 Å². The average Bonchev–Trinajstić information content (AvgIpc) is 2.69. The predicted octanol–water partition coefficient (Wildman–Crippen LogP) is 0.440. The van der Waals surface area contributed by atoms with Crippen LogP contribution in [0.2, 0.25) is 0 Å². The number of nitrogens with zero attached hydrogens (tertiary/aromatic N) is 1. The van der Waals surface area contributed by atoms with Gasteiger partial charge in [0.2, 0.25) is 0 Å². The molecule has 0 amide bonds. The summed E-state index contributed by atoms with van der Waals surface area (Å²) in [6, 6.07) is 0. The van der Waals surface area contributed by atoms with Gasteiger partial charge in [0.25, 0.3) is 0 Å². The van der Waals surface area contributed by atoms with Crippen molar-refractivity contribution in [2.45, 2.75) is 12.8 Å². The summed E-state index contributed by atoms with van der Waals surface area (Å²) < 4.78 is 5.14. The first kappa shape index (κ1) is 13.8. The van der Waals surface area contributed by atoms with E-state index in [9.17, 15) is 9.90 Å². The van der Waals surface area contributed by atoms with Gasteiger partial charge in [-0.2, -0.15) is 0 Å². The Kier molecular flexibility index (Phi) is 5.54. The SMILES string of the molecule is CSOCCCN1CCC(CO)(C(=O)O)C1. The lowest BCUT2D eigenvalue weighted by atomic mass is 9.88. The molecular weight excluding hydrogens is 230 g/mol. The number of likely N-dealkylation sites (tertiary alicyclic amines) is 1. The normalized spacial score (nSPS) is 26.1. The van der Waals surface area contributed by atoms with Gasteiger partial charge in [-0.05, 0) is 31.4 Å². The van der Waals surface area contributed by atoms with Crippen LogP contribution in [0.4, 0.5) is 0 Å². The number of carboxylic acids is 1. The summed E-state index contributed by atoms with van der Waals surface area (Å²) in [4.78, 5) is 13.1. The number of carboxylic acid groups (broad SMARTS) is 1. The second-order valence-corrected chi connectivity index (χ2v) is 4.68. The van der Waals surface area contributed by atoms with E-state index in [0.717, 1.165) is 19.5 Å². The molecule has 0 aromatic heterocycles. The standard InChI is InChI=1S/C10H19NO4S/c1-16-15-6-2-4-11-5-3-10(7-11,8-12)9(13)14/h12H,2-8H2,1H3,(H,13,14).